The van der Waals surface area contributed by atoms with E-state index >= 15 is 0 Å². The summed E-state index contributed by atoms with van der Waals surface area (Å²) in [5.74, 6) is 1.69. The van der Waals surface area contributed by atoms with Gasteiger partial charge in [0.15, 0.2) is 11.5 Å². The van der Waals surface area contributed by atoms with Crippen LogP contribution >= 0.6 is 0 Å². The molecule has 9 nitrogen and oxygen atoms in total. The quantitative estimate of drug-likeness (QED) is 0.801. The highest BCUT2D eigenvalue weighted by Crippen LogP contribution is 2.29. The third-order valence-corrected chi connectivity index (χ3v) is 6.78. The highest BCUT2D eigenvalue weighted by Gasteiger charge is 2.34. The Labute approximate surface area is 170 Å². The number of H-pyrrole nitrogens is 1. The second kappa shape index (κ2) is 7.78. The zero-order chi connectivity index (χ0) is 19.8. The van der Waals surface area contributed by atoms with Gasteiger partial charge in [0.05, 0.1) is 12.2 Å². The summed E-state index contributed by atoms with van der Waals surface area (Å²) >= 11 is 0. The third-order valence-electron chi connectivity index (χ3n) is 6.78. The lowest BCUT2D eigenvalue weighted by Crippen LogP contribution is -2.51. The Morgan fingerprint density at radius 3 is 2.62 bits per heavy atom. The molecule has 3 aliphatic heterocycles. The Morgan fingerprint density at radius 2 is 1.83 bits per heavy atom. The van der Waals surface area contributed by atoms with Crippen molar-refractivity contribution in [3.63, 3.8) is 0 Å². The van der Waals surface area contributed by atoms with Crippen molar-refractivity contribution < 1.29 is 4.79 Å². The zero-order valence-electron chi connectivity index (χ0n) is 16.9. The topological polar surface area (TPSA) is 107 Å². The molecule has 0 saturated carbocycles. The minimum Gasteiger partial charge on any atom is -0.368 e. The number of nitrogens with zero attached hydrogens (tertiary/aromatic N) is 6. The number of carbonyl (C=O) groups is 1. The maximum atomic E-state index is 12.9. The van der Waals surface area contributed by atoms with E-state index in [0.717, 1.165) is 89.1 Å². The maximum absolute atomic E-state index is 12.9. The van der Waals surface area contributed by atoms with Crippen LogP contribution < -0.4 is 10.6 Å². The summed E-state index contributed by atoms with van der Waals surface area (Å²) in [6.45, 7) is 5.80. The molecule has 29 heavy (non-hydrogen) atoms. The molecule has 0 aromatic carbocycles. The molecule has 0 spiro atoms. The molecule has 0 bridgehead atoms. The number of nitrogen functional groups attached to an aromatic ring is 1. The molecule has 1 amide bonds. The molecule has 156 valence electrons. The number of nitrogens with two attached hydrogens (primary N) is 1. The van der Waals surface area contributed by atoms with E-state index in [9.17, 15) is 4.79 Å². The van der Waals surface area contributed by atoms with Gasteiger partial charge in [-0.05, 0) is 45.1 Å². The predicted octanol–water partition coefficient (Wildman–Crippen LogP) is 1.24. The average Bonchev–Trinajstić information content (AvgIpc) is 3.45. The van der Waals surface area contributed by atoms with Gasteiger partial charge in [-0.1, -0.05) is 0 Å². The van der Waals surface area contributed by atoms with E-state index in [2.05, 4.69) is 34.6 Å². The molecule has 9 heteroatoms. The minimum absolute atomic E-state index is 0.186. The summed E-state index contributed by atoms with van der Waals surface area (Å²) in [5, 5.41) is 0. The van der Waals surface area contributed by atoms with Crippen molar-refractivity contribution in [3.05, 3.63) is 6.33 Å². The Balaban J connectivity index is 1.22. The van der Waals surface area contributed by atoms with Crippen molar-refractivity contribution in [1.29, 1.82) is 0 Å². The van der Waals surface area contributed by atoms with E-state index in [1.165, 1.54) is 0 Å². The fourth-order valence-corrected chi connectivity index (χ4v) is 5.24. The first-order valence-corrected chi connectivity index (χ1v) is 10.9. The number of hydrogen-bond donors (Lipinski definition) is 2. The number of carbonyl (C=O) groups excluding carboxylic acids is 1. The number of amides is 1. The van der Waals surface area contributed by atoms with Crippen molar-refractivity contribution >= 4 is 28.8 Å². The molecule has 3 N–H and O–H groups in total. The number of aromatic amines is 1. The first-order chi connectivity index (χ1) is 14.2. The van der Waals surface area contributed by atoms with Crippen LogP contribution in [0, 0.1) is 5.92 Å². The van der Waals surface area contributed by atoms with Gasteiger partial charge >= 0.3 is 0 Å². The van der Waals surface area contributed by atoms with Crippen LogP contribution in [-0.2, 0) is 4.79 Å². The highest BCUT2D eigenvalue weighted by atomic mass is 16.2. The van der Waals surface area contributed by atoms with Crippen molar-refractivity contribution in [1.82, 2.24) is 29.7 Å². The summed E-state index contributed by atoms with van der Waals surface area (Å²) in [6.07, 6.45) is 8.29. The smallest absolute Gasteiger partial charge is 0.226 e. The molecule has 3 saturated heterocycles. The lowest BCUT2D eigenvalue weighted by molar-refractivity contribution is -0.136. The van der Waals surface area contributed by atoms with Crippen molar-refractivity contribution in [3.8, 4) is 0 Å². The molecule has 0 aliphatic carbocycles. The normalized spacial score (nSPS) is 24.5. The maximum Gasteiger partial charge on any atom is 0.226 e. The van der Waals surface area contributed by atoms with Gasteiger partial charge in [-0.15, -0.1) is 0 Å². The molecule has 0 radical (unpaired) electrons. The Hall–Kier alpha value is -2.42. The van der Waals surface area contributed by atoms with Gasteiger partial charge in [-0.3, -0.25) is 9.69 Å². The second-order valence-corrected chi connectivity index (χ2v) is 8.59. The van der Waals surface area contributed by atoms with Crippen LogP contribution in [0.15, 0.2) is 6.33 Å². The Bertz CT molecular complexity index is 868. The van der Waals surface area contributed by atoms with E-state index in [1.807, 2.05) is 0 Å². The molecule has 0 unspecified atom stereocenters. The lowest BCUT2D eigenvalue weighted by Gasteiger charge is -2.42. The van der Waals surface area contributed by atoms with Crippen LogP contribution in [-0.4, -0.2) is 81.0 Å². The van der Waals surface area contributed by atoms with Crippen molar-refractivity contribution in [2.24, 2.45) is 5.92 Å². The number of anilines is 2. The number of rotatable bonds is 3. The number of imidazole rings is 1. The van der Waals surface area contributed by atoms with Crippen LogP contribution in [0.25, 0.3) is 11.2 Å². The van der Waals surface area contributed by atoms with E-state index in [-0.39, 0.29) is 11.9 Å². The van der Waals surface area contributed by atoms with Crippen LogP contribution in [0.1, 0.15) is 38.5 Å². The van der Waals surface area contributed by atoms with Gasteiger partial charge in [-0.25, -0.2) is 4.98 Å². The van der Waals surface area contributed by atoms with Crippen LogP contribution in [0.4, 0.5) is 11.8 Å². The van der Waals surface area contributed by atoms with Gasteiger partial charge in [0, 0.05) is 38.8 Å². The molecular formula is C20H30N8O. The van der Waals surface area contributed by atoms with Crippen LogP contribution in [0.5, 0.6) is 0 Å². The molecule has 2 aromatic heterocycles. The number of fused-ring (bicyclic) bond motifs is 1. The summed E-state index contributed by atoms with van der Waals surface area (Å²) in [7, 11) is 0. The van der Waals surface area contributed by atoms with Gasteiger partial charge in [-0.2, -0.15) is 9.97 Å². The molecule has 3 fully saturated rings. The summed E-state index contributed by atoms with van der Waals surface area (Å²) in [5.41, 5.74) is 7.36. The van der Waals surface area contributed by atoms with Crippen molar-refractivity contribution in [2.75, 3.05) is 49.9 Å². The first-order valence-electron chi connectivity index (χ1n) is 10.9. The van der Waals surface area contributed by atoms with Crippen LogP contribution in [0.2, 0.25) is 0 Å². The van der Waals surface area contributed by atoms with Crippen molar-refractivity contribution in [2.45, 2.75) is 44.6 Å². The fourth-order valence-electron chi connectivity index (χ4n) is 5.24. The molecule has 5 heterocycles. The van der Waals surface area contributed by atoms with E-state index in [4.69, 9.17) is 5.73 Å². The molecule has 5 rings (SSSR count). The first kappa shape index (κ1) is 18.6. The number of hydrogen-bond acceptors (Lipinski definition) is 7. The third kappa shape index (κ3) is 3.63. The summed E-state index contributed by atoms with van der Waals surface area (Å²) in [4.78, 5) is 35.8. The monoisotopic (exact) mass is 398 g/mol. The average molecular weight is 399 g/mol. The SMILES string of the molecule is Nc1nc(N2CCC(N3CCC[C@@H](C(=O)N4CCCC4)C3)CC2)c2[nH]cnc2n1. The molecule has 2 aromatic rings. The number of nitrogens with one attached hydrogen (secondary N) is 1. The van der Waals surface area contributed by atoms with Gasteiger partial charge in [0.2, 0.25) is 11.9 Å². The van der Waals surface area contributed by atoms with Gasteiger partial charge < -0.3 is 20.5 Å². The van der Waals surface area contributed by atoms with Crippen LogP contribution in [0.3, 0.4) is 0 Å². The van der Waals surface area contributed by atoms with E-state index in [1.54, 1.807) is 6.33 Å². The minimum atomic E-state index is 0.186. The summed E-state index contributed by atoms with van der Waals surface area (Å²) in [6, 6.07) is 0.539. The van der Waals surface area contributed by atoms with E-state index < -0.39 is 0 Å². The fraction of sp³-hybridized carbons (Fsp3) is 0.700. The molecule has 1 atom stereocenters. The zero-order valence-corrected chi connectivity index (χ0v) is 16.9. The van der Waals surface area contributed by atoms with E-state index in [0.29, 0.717) is 17.6 Å². The summed E-state index contributed by atoms with van der Waals surface area (Å²) < 4.78 is 0. The lowest BCUT2D eigenvalue weighted by atomic mass is 9.93. The Kier molecular flexibility index (Phi) is 4.99. The second-order valence-electron chi connectivity index (χ2n) is 8.59. The van der Waals surface area contributed by atoms with Gasteiger partial charge in [0.1, 0.15) is 5.52 Å². The molecule has 3 aliphatic rings. The highest BCUT2D eigenvalue weighted by molar-refractivity contribution is 5.84. The number of likely N-dealkylation sites (tertiary alicyclic amines) is 2. The number of aromatic nitrogens is 4. The van der Waals surface area contributed by atoms with Gasteiger partial charge in [0.25, 0.3) is 0 Å². The molecular weight excluding hydrogens is 368 g/mol. The Morgan fingerprint density at radius 1 is 1.03 bits per heavy atom. The largest absolute Gasteiger partial charge is 0.368 e. The number of piperidine rings is 2. The predicted molar refractivity (Wildman–Crippen MR) is 111 cm³/mol. The standard InChI is InChI=1S/C20H30N8O/c21-20-24-17-16(22-13-23-17)18(25-20)26-10-5-15(6-11-26)28-9-3-4-14(12-28)19(29)27-7-1-2-8-27/h13-15H,1-12H2,(H3,21,22,23,24,25)/t14-/m1/s1.